The Morgan fingerprint density at radius 1 is 1.18 bits per heavy atom. The van der Waals surface area contributed by atoms with Crippen LogP contribution in [0.2, 0.25) is 0 Å². The summed E-state index contributed by atoms with van der Waals surface area (Å²) >= 11 is 1.25. The van der Waals surface area contributed by atoms with Gasteiger partial charge in [0.25, 0.3) is 0 Å². The summed E-state index contributed by atoms with van der Waals surface area (Å²) in [4.78, 5) is 3.46. The zero-order valence-corrected chi connectivity index (χ0v) is 12.8. The van der Waals surface area contributed by atoms with Crippen LogP contribution in [0, 0.1) is 11.8 Å². The molecule has 0 unspecified atom stereocenters. The first-order valence-electron chi connectivity index (χ1n) is 6.62. The molecule has 0 spiro atoms. The van der Waals surface area contributed by atoms with Gasteiger partial charge in [-0.2, -0.15) is 13.2 Å². The molecule has 2 fully saturated rings. The normalized spacial score (nSPS) is 26.4. The van der Waals surface area contributed by atoms with Crippen LogP contribution in [0.25, 0.3) is 10.6 Å². The standard InChI is InChI=1S/C13H11F3N4S.ClH/c14-13(15,16)10-6(2-1-3-18-10)11-19-20-12(21-11)9-7-4-17-5-8(7)9;/h1-3,7-9,17H,4-5H2;1H/t7-,8+,9-;. The quantitative estimate of drug-likeness (QED) is 0.906. The summed E-state index contributed by atoms with van der Waals surface area (Å²) in [6.45, 7) is 1.93. The van der Waals surface area contributed by atoms with Crippen LogP contribution in [0.5, 0.6) is 0 Å². The zero-order valence-electron chi connectivity index (χ0n) is 11.2. The maximum atomic E-state index is 13.0. The van der Waals surface area contributed by atoms with Crippen molar-refractivity contribution in [3.8, 4) is 10.6 Å². The van der Waals surface area contributed by atoms with Gasteiger partial charge in [-0.15, -0.1) is 22.6 Å². The van der Waals surface area contributed by atoms with Crippen molar-refractivity contribution in [2.45, 2.75) is 12.1 Å². The van der Waals surface area contributed by atoms with Crippen LogP contribution in [-0.2, 0) is 6.18 Å². The molecule has 3 heterocycles. The van der Waals surface area contributed by atoms with Gasteiger partial charge in [-0.3, -0.25) is 4.98 Å². The molecule has 0 aromatic carbocycles. The molecule has 1 N–H and O–H groups in total. The SMILES string of the molecule is Cl.FC(F)(F)c1ncccc1-c1nnc([C@@H]2[C@@H]3CNC[C@@H]32)s1. The number of alkyl halides is 3. The molecular weight excluding hydrogens is 337 g/mol. The molecule has 118 valence electrons. The van der Waals surface area contributed by atoms with E-state index in [1.165, 1.54) is 23.5 Å². The topological polar surface area (TPSA) is 50.7 Å². The van der Waals surface area contributed by atoms with Crippen LogP contribution in [0.3, 0.4) is 0 Å². The molecule has 9 heteroatoms. The minimum atomic E-state index is -4.48. The predicted molar refractivity (Wildman–Crippen MR) is 78.0 cm³/mol. The number of nitrogens with zero attached hydrogens (tertiary/aromatic N) is 3. The first-order chi connectivity index (χ1) is 10.1. The molecule has 4 nitrogen and oxygen atoms in total. The Labute approximate surface area is 134 Å². The number of piperidine rings is 1. The van der Waals surface area contributed by atoms with Crippen molar-refractivity contribution in [1.82, 2.24) is 20.5 Å². The van der Waals surface area contributed by atoms with Gasteiger partial charge in [0.1, 0.15) is 10.0 Å². The van der Waals surface area contributed by atoms with E-state index in [1.807, 2.05) is 0 Å². The first-order valence-corrected chi connectivity index (χ1v) is 7.44. The molecule has 1 aliphatic heterocycles. The van der Waals surface area contributed by atoms with Gasteiger partial charge in [-0.05, 0) is 37.1 Å². The minimum absolute atomic E-state index is 0. The van der Waals surface area contributed by atoms with Crippen LogP contribution in [0.15, 0.2) is 18.3 Å². The van der Waals surface area contributed by atoms with Crippen LogP contribution in [0.4, 0.5) is 13.2 Å². The van der Waals surface area contributed by atoms with E-state index in [1.54, 1.807) is 0 Å². The average molecular weight is 349 g/mol. The number of rotatable bonds is 2. The van der Waals surface area contributed by atoms with Gasteiger partial charge in [-0.1, -0.05) is 11.3 Å². The number of pyridine rings is 1. The molecule has 0 bridgehead atoms. The summed E-state index contributed by atoms with van der Waals surface area (Å²) in [6.07, 6.45) is -3.34. The second-order valence-corrected chi connectivity index (χ2v) is 6.36. The van der Waals surface area contributed by atoms with E-state index in [2.05, 4.69) is 20.5 Å². The molecule has 1 saturated heterocycles. The Hall–Kier alpha value is -1.25. The summed E-state index contributed by atoms with van der Waals surface area (Å²) in [5.41, 5.74) is -0.886. The van der Waals surface area contributed by atoms with Crippen molar-refractivity contribution in [3.63, 3.8) is 0 Å². The van der Waals surface area contributed by atoms with Gasteiger partial charge in [0.05, 0.1) is 0 Å². The van der Waals surface area contributed by atoms with Gasteiger partial charge in [0.2, 0.25) is 0 Å². The molecule has 1 aliphatic carbocycles. The van der Waals surface area contributed by atoms with E-state index in [0.29, 0.717) is 22.8 Å². The lowest BCUT2D eigenvalue weighted by Gasteiger charge is -2.08. The number of fused-ring (bicyclic) bond motifs is 1. The Morgan fingerprint density at radius 3 is 2.59 bits per heavy atom. The van der Waals surface area contributed by atoms with Crippen molar-refractivity contribution in [1.29, 1.82) is 0 Å². The fourth-order valence-corrected chi connectivity index (χ4v) is 4.19. The minimum Gasteiger partial charge on any atom is -0.316 e. The molecule has 2 aliphatic rings. The highest BCUT2D eigenvalue weighted by molar-refractivity contribution is 7.14. The van der Waals surface area contributed by atoms with Crippen molar-refractivity contribution in [2.75, 3.05) is 13.1 Å². The summed E-state index contributed by atoms with van der Waals surface area (Å²) in [5.74, 6) is 1.51. The van der Waals surface area contributed by atoms with Crippen LogP contribution in [-0.4, -0.2) is 28.3 Å². The summed E-state index contributed by atoms with van der Waals surface area (Å²) in [6, 6.07) is 2.89. The van der Waals surface area contributed by atoms with E-state index < -0.39 is 11.9 Å². The van der Waals surface area contributed by atoms with Crippen LogP contribution in [0.1, 0.15) is 16.6 Å². The third-order valence-corrected chi connectivity index (χ3v) is 5.18. The van der Waals surface area contributed by atoms with Crippen LogP contribution >= 0.6 is 23.7 Å². The highest BCUT2D eigenvalue weighted by Gasteiger charge is 2.55. The van der Waals surface area contributed by atoms with Crippen molar-refractivity contribution in [2.24, 2.45) is 11.8 Å². The maximum Gasteiger partial charge on any atom is 0.434 e. The fourth-order valence-electron chi connectivity index (χ4n) is 3.07. The highest BCUT2D eigenvalue weighted by atomic mass is 35.5. The largest absolute Gasteiger partial charge is 0.434 e. The molecule has 22 heavy (non-hydrogen) atoms. The Kier molecular flexibility index (Phi) is 3.86. The number of nitrogens with one attached hydrogen (secondary N) is 1. The number of hydrogen-bond acceptors (Lipinski definition) is 5. The molecule has 2 aromatic heterocycles. The average Bonchev–Trinajstić information content (AvgIpc) is 2.88. The number of aromatic nitrogens is 3. The van der Waals surface area contributed by atoms with E-state index >= 15 is 0 Å². The molecule has 1 saturated carbocycles. The van der Waals surface area contributed by atoms with Crippen molar-refractivity contribution >= 4 is 23.7 Å². The van der Waals surface area contributed by atoms with E-state index in [9.17, 15) is 13.2 Å². The molecule has 3 atom stereocenters. The van der Waals surface area contributed by atoms with Gasteiger partial charge in [-0.25, -0.2) is 0 Å². The smallest absolute Gasteiger partial charge is 0.316 e. The van der Waals surface area contributed by atoms with Gasteiger partial charge < -0.3 is 5.32 Å². The number of hydrogen-bond donors (Lipinski definition) is 1. The zero-order chi connectivity index (χ0) is 14.6. The lowest BCUT2D eigenvalue weighted by molar-refractivity contribution is -0.140. The fraction of sp³-hybridized carbons (Fsp3) is 0.462. The molecule has 4 rings (SSSR count). The maximum absolute atomic E-state index is 13.0. The van der Waals surface area contributed by atoms with Crippen molar-refractivity contribution in [3.05, 3.63) is 29.0 Å². The summed E-state index contributed by atoms with van der Waals surface area (Å²) in [5, 5.41) is 12.5. The van der Waals surface area contributed by atoms with E-state index in [0.717, 1.165) is 24.3 Å². The molecule has 0 radical (unpaired) electrons. The van der Waals surface area contributed by atoms with E-state index in [4.69, 9.17) is 0 Å². The second kappa shape index (κ2) is 5.43. The van der Waals surface area contributed by atoms with Gasteiger partial charge >= 0.3 is 6.18 Å². The summed E-state index contributed by atoms with van der Waals surface area (Å²) in [7, 11) is 0. The van der Waals surface area contributed by atoms with Crippen molar-refractivity contribution < 1.29 is 13.2 Å². The van der Waals surface area contributed by atoms with Gasteiger partial charge in [0, 0.05) is 17.7 Å². The number of halogens is 4. The lowest BCUT2D eigenvalue weighted by atomic mass is 10.2. The van der Waals surface area contributed by atoms with Gasteiger partial charge in [0.15, 0.2) is 5.69 Å². The third-order valence-electron chi connectivity index (χ3n) is 4.12. The molecular formula is C13H12ClF3N4S. The second-order valence-electron chi connectivity index (χ2n) is 5.35. The Balaban J connectivity index is 0.00000144. The third kappa shape index (κ3) is 2.49. The molecule has 0 amide bonds. The van der Waals surface area contributed by atoms with Crippen LogP contribution < -0.4 is 5.32 Å². The highest BCUT2D eigenvalue weighted by Crippen LogP contribution is 2.56. The Morgan fingerprint density at radius 2 is 1.91 bits per heavy atom. The monoisotopic (exact) mass is 348 g/mol. The van der Waals surface area contributed by atoms with E-state index in [-0.39, 0.29) is 18.0 Å². The lowest BCUT2D eigenvalue weighted by Crippen LogP contribution is -2.13. The summed E-state index contributed by atoms with van der Waals surface area (Å²) < 4.78 is 39.0. The first kappa shape index (κ1) is 15.6. The molecule has 2 aromatic rings. The predicted octanol–water partition coefficient (Wildman–Crippen LogP) is 2.97. The Bertz CT molecular complexity index is 680.